The number of hydrogen-bond donors (Lipinski definition) is 0. The molecule has 5 heteroatoms. The van der Waals surface area contributed by atoms with Crippen molar-refractivity contribution < 1.29 is 0 Å². The van der Waals surface area contributed by atoms with Crippen molar-refractivity contribution in [3.63, 3.8) is 0 Å². The van der Waals surface area contributed by atoms with E-state index in [1.807, 2.05) is 6.20 Å². The third-order valence-corrected chi connectivity index (χ3v) is 4.09. The highest BCUT2D eigenvalue weighted by atomic mass is 79.9. The van der Waals surface area contributed by atoms with E-state index in [9.17, 15) is 0 Å². The van der Waals surface area contributed by atoms with Gasteiger partial charge in [0.15, 0.2) is 0 Å². The van der Waals surface area contributed by atoms with E-state index in [4.69, 9.17) is 0 Å². The summed E-state index contributed by atoms with van der Waals surface area (Å²) >= 11 is 7.02. The zero-order valence-corrected chi connectivity index (χ0v) is 12.2. The van der Waals surface area contributed by atoms with Gasteiger partial charge in [0.2, 0.25) is 0 Å². The van der Waals surface area contributed by atoms with Crippen molar-refractivity contribution >= 4 is 37.7 Å². The molecule has 0 aromatic carbocycles. The van der Waals surface area contributed by atoms with Crippen molar-refractivity contribution in [3.05, 3.63) is 17.0 Å². The minimum Gasteiger partial charge on any atom is -0.353 e. The molecule has 1 fully saturated rings. The van der Waals surface area contributed by atoms with Gasteiger partial charge in [-0.2, -0.15) is 0 Å². The summed E-state index contributed by atoms with van der Waals surface area (Å²) in [6, 6.07) is 0.642. The van der Waals surface area contributed by atoms with Crippen LogP contribution in [-0.4, -0.2) is 27.9 Å². The molecule has 2 rings (SSSR count). The Balaban J connectivity index is 2.10. The average molecular weight is 349 g/mol. The lowest BCUT2D eigenvalue weighted by Gasteiger charge is -2.26. The number of anilines is 1. The molecule has 88 valence electrons. The van der Waals surface area contributed by atoms with Crippen molar-refractivity contribution in [1.29, 1.82) is 0 Å². The zero-order chi connectivity index (χ0) is 11.4. The highest BCUT2D eigenvalue weighted by Gasteiger charge is 2.26. The van der Waals surface area contributed by atoms with Crippen molar-refractivity contribution in [2.75, 3.05) is 16.8 Å². The van der Waals surface area contributed by atoms with Crippen LogP contribution in [0.2, 0.25) is 0 Å². The molecular formula is C11H15Br2N3. The molecular weight excluding hydrogens is 334 g/mol. The third kappa shape index (κ3) is 2.74. The van der Waals surface area contributed by atoms with Gasteiger partial charge in [0.05, 0.1) is 4.47 Å². The van der Waals surface area contributed by atoms with E-state index in [1.54, 1.807) is 6.33 Å². The van der Waals surface area contributed by atoms with E-state index in [1.165, 1.54) is 25.7 Å². The lowest BCUT2D eigenvalue weighted by atomic mass is 10.1. The molecule has 0 bridgehead atoms. The first-order chi connectivity index (χ1) is 7.83. The summed E-state index contributed by atoms with van der Waals surface area (Å²) in [4.78, 5) is 10.8. The van der Waals surface area contributed by atoms with Gasteiger partial charge in [-0.15, -0.1) is 0 Å². The SMILES string of the molecule is BrCCCC1CCCN1c1ncncc1Br. The third-order valence-electron chi connectivity index (χ3n) is 2.97. The molecule has 1 aliphatic heterocycles. The normalized spacial score (nSPS) is 20.4. The molecule has 0 spiro atoms. The summed E-state index contributed by atoms with van der Waals surface area (Å²) in [5.41, 5.74) is 0. The second-order valence-electron chi connectivity index (χ2n) is 4.01. The van der Waals surface area contributed by atoms with Gasteiger partial charge >= 0.3 is 0 Å². The molecule has 1 saturated heterocycles. The van der Waals surface area contributed by atoms with Crippen LogP contribution in [0.5, 0.6) is 0 Å². The molecule has 0 radical (unpaired) electrons. The molecule has 2 heterocycles. The number of nitrogens with zero attached hydrogens (tertiary/aromatic N) is 3. The van der Waals surface area contributed by atoms with Crippen LogP contribution < -0.4 is 4.90 Å². The van der Waals surface area contributed by atoms with E-state index in [-0.39, 0.29) is 0 Å². The fourth-order valence-electron chi connectivity index (χ4n) is 2.24. The van der Waals surface area contributed by atoms with E-state index in [0.717, 1.165) is 22.2 Å². The van der Waals surface area contributed by atoms with Crippen LogP contribution in [0, 0.1) is 0 Å². The Hall–Kier alpha value is -0.160. The monoisotopic (exact) mass is 347 g/mol. The van der Waals surface area contributed by atoms with Crippen LogP contribution >= 0.6 is 31.9 Å². The van der Waals surface area contributed by atoms with Gasteiger partial charge in [-0.1, -0.05) is 15.9 Å². The average Bonchev–Trinajstić information content (AvgIpc) is 2.75. The maximum atomic E-state index is 4.37. The molecule has 1 aromatic rings. The number of rotatable bonds is 4. The van der Waals surface area contributed by atoms with Gasteiger partial charge in [0, 0.05) is 24.1 Å². The standard InChI is InChI=1S/C11H15Br2N3/c12-5-1-3-9-4-2-6-16(9)11-10(13)7-14-8-15-11/h7-9H,1-6H2. The predicted molar refractivity (Wildman–Crippen MR) is 73.1 cm³/mol. The van der Waals surface area contributed by atoms with Gasteiger partial charge in [-0.25, -0.2) is 9.97 Å². The molecule has 3 nitrogen and oxygen atoms in total. The lowest BCUT2D eigenvalue weighted by Crippen LogP contribution is -2.30. The highest BCUT2D eigenvalue weighted by molar-refractivity contribution is 9.10. The number of halogens is 2. The van der Waals surface area contributed by atoms with Crippen LogP contribution in [-0.2, 0) is 0 Å². The molecule has 0 aliphatic carbocycles. The summed E-state index contributed by atoms with van der Waals surface area (Å²) in [6.45, 7) is 1.11. The van der Waals surface area contributed by atoms with Crippen LogP contribution in [0.1, 0.15) is 25.7 Å². The largest absolute Gasteiger partial charge is 0.353 e. The Bertz CT molecular complexity index is 346. The van der Waals surface area contributed by atoms with Gasteiger partial charge in [0.1, 0.15) is 12.1 Å². The summed E-state index contributed by atoms with van der Waals surface area (Å²) in [7, 11) is 0. The van der Waals surface area contributed by atoms with Crippen molar-refractivity contribution in [3.8, 4) is 0 Å². The van der Waals surface area contributed by atoms with Crippen LogP contribution in [0.25, 0.3) is 0 Å². The van der Waals surface area contributed by atoms with E-state index >= 15 is 0 Å². The zero-order valence-electron chi connectivity index (χ0n) is 9.07. The van der Waals surface area contributed by atoms with E-state index < -0.39 is 0 Å². The summed E-state index contributed by atoms with van der Waals surface area (Å²) < 4.78 is 1.00. The number of hydrogen-bond acceptors (Lipinski definition) is 3. The Morgan fingerprint density at radius 2 is 2.38 bits per heavy atom. The Morgan fingerprint density at radius 3 is 3.12 bits per heavy atom. The Kier molecular flexibility index (Phi) is 4.58. The van der Waals surface area contributed by atoms with Crippen molar-refractivity contribution in [2.24, 2.45) is 0 Å². The van der Waals surface area contributed by atoms with Crippen molar-refractivity contribution in [1.82, 2.24) is 9.97 Å². The molecule has 0 N–H and O–H groups in total. The smallest absolute Gasteiger partial charge is 0.146 e. The first kappa shape index (κ1) is 12.3. The fraction of sp³-hybridized carbons (Fsp3) is 0.636. The molecule has 0 amide bonds. The van der Waals surface area contributed by atoms with Crippen LogP contribution in [0.3, 0.4) is 0 Å². The molecule has 1 aromatic heterocycles. The molecule has 1 aliphatic rings. The Morgan fingerprint density at radius 1 is 1.50 bits per heavy atom. The first-order valence-electron chi connectivity index (χ1n) is 5.61. The van der Waals surface area contributed by atoms with Gasteiger partial charge in [0.25, 0.3) is 0 Å². The van der Waals surface area contributed by atoms with Gasteiger partial charge < -0.3 is 4.90 Å². The van der Waals surface area contributed by atoms with Crippen molar-refractivity contribution in [2.45, 2.75) is 31.7 Å². The van der Waals surface area contributed by atoms with E-state index in [0.29, 0.717) is 6.04 Å². The predicted octanol–water partition coefficient (Wildman–Crippen LogP) is 3.38. The number of aromatic nitrogens is 2. The lowest BCUT2D eigenvalue weighted by molar-refractivity contribution is 0.599. The molecule has 0 saturated carbocycles. The molecule has 1 atom stereocenters. The quantitative estimate of drug-likeness (QED) is 0.781. The van der Waals surface area contributed by atoms with Gasteiger partial charge in [-0.3, -0.25) is 0 Å². The number of alkyl halides is 1. The first-order valence-corrected chi connectivity index (χ1v) is 7.52. The highest BCUT2D eigenvalue weighted by Crippen LogP contribution is 2.31. The topological polar surface area (TPSA) is 29.0 Å². The fourth-order valence-corrected chi connectivity index (χ4v) is 3.02. The summed E-state index contributed by atoms with van der Waals surface area (Å²) in [6.07, 6.45) is 8.46. The minimum absolute atomic E-state index is 0.642. The second-order valence-corrected chi connectivity index (χ2v) is 5.66. The van der Waals surface area contributed by atoms with Gasteiger partial charge in [-0.05, 0) is 41.6 Å². The summed E-state index contributed by atoms with van der Waals surface area (Å²) in [5.74, 6) is 1.05. The van der Waals surface area contributed by atoms with Crippen LogP contribution in [0.4, 0.5) is 5.82 Å². The van der Waals surface area contributed by atoms with Crippen LogP contribution in [0.15, 0.2) is 17.0 Å². The molecule has 1 unspecified atom stereocenters. The van der Waals surface area contributed by atoms with E-state index in [2.05, 4.69) is 46.7 Å². The Labute approximate surface area is 113 Å². The molecule has 16 heavy (non-hydrogen) atoms. The maximum Gasteiger partial charge on any atom is 0.146 e. The maximum absolute atomic E-state index is 4.37. The minimum atomic E-state index is 0.642. The summed E-state index contributed by atoms with van der Waals surface area (Å²) in [5, 5.41) is 1.09. The second kappa shape index (κ2) is 5.96.